The molecular formula is C13H22N4O. The van der Waals surface area contributed by atoms with Crippen molar-refractivity contribution in [3.05, 3.63) is 18.2 Å². The maximum Gasteiger partial charge on any atom is 0.224 e. The molecule has 5 nitrogen and oxygen atoms in total. The van der Waals surface area contributed by atoms with Gasteiger partial charge in [-0.05, 0) is 19.3 Å². The number of aromatic nitrogens is 2. The number of imidazole rings is 1. The number of nitrogens with zero attached hydrogens (tertiary/aromatic N) is 2. The molecule has 1 heterocycles. The lowest BCUT2D eigenvalue weighted by molar-refractivity contribution is -0.124. The highest BCUT2D eigenvalue weighted by atomic mass is 16.2. The van der Waals surface area contributed by atoms with E-state index in [2.05, 4.69) is 21.8 Å². The highest BCUT2D eigenvalue weighted by molar-refractivity contribution is 5.79. The lowest BCUT2D eigenvalue weighted by Crippen LogP contribution is -2.37. The van der Waals surface area contributed by atoms with Crippen LogP contribution in [0.1, 0.15) is 31.9 Å². The second-order valence-corrected chi connectivity index (χ2v) is 5.00. The van der Waals surface area contributed by atoms with Gasteiger partial charge >= 0.3 is 0 Å². The van der Waals surface area contributed by atoms with Gasteiger partial charge in [-0.1, -0.05) is 6.92 Å². The number of nitrogens with two attached hydrogens (primary N) is 1. The van der Waals surface area contributed by atoms with Crippen LogP contribution in [0, 0.1) is 5.92 Å². The van der Waals surface area contributed by atoms with Gasteiger partial charge in [0.25, 0.3) is 0 Å². The summed E-state index contributed by atoms with van der Waals surface area (Å²) < 4.78 is 2.10. The molecule has 1 aliphatic carbocycles. The van der Waals surface area contributed by atoms with E-state index in [1.807, 2.05) is 12.5 Å². The molecule has 1 aliphatic rings. The van der Waals surface area contributed by atoms with Gasteiger partial charge in [0.1, 0.15) is 0 Å². The predicted octanol–water partition coefficient (Wildman–Crippen LogP) is 0.689. The molecule has 1 fully saturated rings. The third-order valence-electron chi connectivity index (χ3n) is 3.30. The van der Waals surface area contributed by atoms with E-state index >= 15 is 0 Å². The molecule has 0 spiro atoms. The van der Waals surface area contributed by atoms with Crippen molar-refractivity contribution < 1.29 is 4.79 Å². The quantitative estimate of drug-likeness (QED) is 0.747. The van der Waals surface area contributed by atoms with Gasteiger partial charge in [0.2, 0.25) is 5.91 Å². The zero-order valence-electron chi connectivity index (χ0n) is 10.9. The maximum atomic E-state index is 12.0. The van der Waals surface area contributed by atoms with Crippen LogP contribution in [0.25, 0.3) is 0 Å². The van der Waals surface area contributed by atoms with Crippen molar-refractivity contribution in [2.45, 2.75) is 45.2 Å². The van der Waals surface area contributed by atoms with Gasteiger partial charge in [0.05, 0.1) is 12.2 Å². The first-order valence-electron chi connectivity index (χ1n) is 6.74. The van der Waals surface area contributed by atoms with Crippen LogP contribution in [0.2, 0.25) is 0 Å². The monoisotopic (exact) mass is 250 g/mol. The first kappa shape index (κ1) is 13.1. The molecule has 0 aliphatic heterocycles. The van der Waals surface area contributed by atoms with Crippen LogP contribution in [0.4, 0.5) is 0 Å². The second kappa shape index (κ2) is 6.00. The molecule has 0 bridgehead atoms. The highest BCUT2D eigenvalue weighted by Crippen LogP contribution is 2.19. The van der Waals surface area contributed by atoms with E-state index < -0.39 is 0 Å². The smallest absolute Gasteiger partial charge is 0.224 e. The summed E-state index contributed by atoms with van der Waals surface area (Å²) in [5.41, 5.74) is 6.82. The van der Waals surface area contributed by atoms with Crippen LogP contribution < -0.4 is 11.1 Å². The molecule has 1 aromatic rings. The molecule has 1 atom stereocenters. The number of hydrogen-bond donors (Lipinski definition) is 2. The third kappa shape index (κ3) is 3.32. The lowest BCUT2D eigenvalue weighted by atomic mass is 10.0. The van der Waals surface area contributed by atoms with Crippen LogP contribution in [0.15, 0.2) is 12.5 Å². The van der Waals surface area contributed by atoms with E-state index in [4.69, 9.17) is 5.73 Å². The Labute approximate surface area is 108 Å². The van der Waals surface area contributed by atoms with Crippen LogP contribution in [-0.4, -0.2) is 28.0 Å². The van der Waals surface area contributed by atoms with Crippen molar-refractivity contribution in [1.82, 2.24) is 14.9 Å². The normalized spacial score (nSPS) is 16.6. The number of carbonyl (C=O) groups excluding carboxylic acids is 1. The Morgan fingerprint density at radius 2 is 2.44 bits per heavy atom. The molecule has 1 amide bonds. The number of hydrogen-bond acceptors (Lipinski definition) is 3. The standard InChI is InChI=1S/C13H22N4O/c1-2-5-17-9-15-8-12(17)6-10(7-14)13(18)16-11-3-4-11/h8-11H,2-7,14H2,1H3,(H,16,18). The molecule has 100 valence electrons. The van der Waals surface area contributed by atoms with Crippen LogP contribution in [0.3, 0.4) is 0 Å². The maximum absolute atomic E-state index is 12.0. The summed E-state index contributed by atoms with van der Waals surface area (Å²) in [6, 6.07) is 0.395. The second-order valence-electron chi connectivity index (χ2n) is 5.00. The molecule has 0 radical (unpaired) electrons. The van der Waals surface area contributed by atoms with E-state index in [-0.39, 0.29) is 11.8 Å². The van der Waals surface area contributed by atoms with Crippen molar-refractivity contribution in [2.24, 2.45) is 11.7 Å². The Hall–Kier alpha value is -1.36. The summed E-state index contributed by atoms with van der Waals surface area (Å²) in [4.78, 5) is 16.2. The SMILES string of the molecule is CCCn1cncc1CC(CN)C(=O)NC1CC1. The average molecular weight is 250 g/mol. The first-order valence-corrected chi connectivity index (χ1v) is 6.74. The highest BCUT2D eigenvalue weighted by Gasteiger charge is 2.27. The molecule has 1 unspecified atom stereocenters. The largest absolute Gasteiger partial charge is 0.353 e. The van der Waals surface area contributed by atoms with Gasteiger partial charge in [-0.3, -0.25) is 4.79 Å². The predicted molar refractivity (Wildman–Crippen MR) is 69.9 cm³/mol. The topological polar surface area (TPSA) is 72.9 Å². The summed E-state index contributed by atoms with van der Waals surface area (Å²) in [5.74, 6) is -0.0536. The fourth-order valence-electron chi connectivity index (χ4n) is 2.04. The number of aryl methyl sites for hydroxylation is 1. The molecule has 0 aromatic carbocycles. The zero-order chi connectivity index (χ0) is 13.0. The minimum atomic E-state index is -0.141. The van der Waals surface area contributed by atoms with E-state index in [0.29, 0.717) is 19.0 Å². The molecule has 0 saturated heterocycles. The number of rotatable bonds is 7. The van der Waals surface area contributed by atoms with Gasteiger partial charge in [-0.2, -0.15) is 0 Å². The summed E-state index contributed by atoms with van der Waals surface area (Å²) >= 11 is 0. The van der Waals surface area contributed by atoms with Gasteiger partial charge in [-0.15, -0.1) is 0 Å². The molecule has 2 rings (SSSR count). The first-order chi connectivity index (χ1) is 8.74. The van der Waals surface area contributed by atoms with Crippen molar-refractivity contribution in [3.8, 4) is 0 Å². The Kier molecular flexibility index (Phi) is 4.36. The average Bonchev–Trinajstić information content (AvgIpc) is 3.06. The van der Waals surface area contributed by atoms with Crippen molar-refractivity contribution in [3.63, 3.8) is 0 Å². The fourth-order valence-corrected chi connectivity index (χ4v) is 2.04. The van der Waals surface area contributed by atoms with E-state index in [9.17, 15) is 4.79 Å². The number of amides is 1. The van der Waals surface area contributed by atoms with E-state index in [1.165, 1.54) is 0 Å². The third-order valence-corrected chi connectivity index (χ3v) is 3.30. The summed E-state index contributed by atoms with van der Waals surface area (Å²) in [6.07, 6.45) is 7.61. The van der Waals surface area contributed by atoms with E-state index in [0.717, 1.165) is 31.5 Å². The Morgan fingerprint density at radius 3 is 3.06 bits per heavy atom. The Balaban J connectivity index is 1.95. The fraction of sp³-hybridized carbons (Fsp3) is 0.692. The number of nitrogens with one attached hydrogen (secondary N) is 1. The minimum Gasteiger partial charge on any atom is -0.353 e. The van der Waals surface area contributed by atoms with Gasteiger partial charge in [0.15, 0.2) is 0 Å². The van der Waals surface area contributed by atoms with Gasteiger partial charge in [-0.25, -0.2) is 4.98 Å². The van der Waals surface area contributed by atoms with Crippen molar-refractivity contribution in [2.75, 3.05) is 6.54 Å². The molecule has 18 heavy (non-hydrogen) atoms. The summed E-state index contributed by atoms with van der Waals surface area (Å²) in [5, 5.41) is 3.02. The zero-order valence-corrected chi connectivity index (χ0v) is 10.9. The molecular weight excluding hydrogens is 228 g/mol. The van der Waals surface area contributed by atoms with Gasteiger partial charge < -0.3 is 15.6 Å². The minimum absolute atomic E-state index is 0.0873. The van der Waals surface area contributed by atoms with Crippen molar-refractivity contribution in [1.29, 1.82) is 0 Å². The molecule has 1 saturated carbocycles. The van der Waals surface area contributed by atoms with Crippen molar-refractivity contribution >= 4 is 5.91 Å². The van der Waals surface area contributed by atoms with E-state index in [1.54, 1.807) is 0 Å². The molecule has 5 heteroatoms. The van der Waals surface area contributed by atoms with Crippen LogP contribution in [0.5, 0.6) is 0 Å². The lowest BCUT2D eigenvalue weighted by Gasteiger charge is -2.15. The Morgan fingerprint density at radius 1 is 1.67 bits per heavy atom. The molecule has 1 aromatic heterocycles. The summed E-state index contributed by atoms with van der Waals surface area (Å²) in [7, 11) is 0. The van der Waals surface area contributed by atoms with Gasteiger partial charge in [0, 0.05) is 37.4 Å². The van der Waals surface area contributed by atoms with Crippen LogP contribution >= 0.6 is 0 Å². The molecule has 3 N–H and O–H groups in total. The number of carbonyl (C=O) groups is 1. The summed E-state index contributed by atoms with van der Waals surface area (Å²) in [6.45, 7) is 3.46. The van der Waals surface area contributed by atoms with Crippen LogP contribution in [-0.2, 0) is 17.8 Å². The Bertz CT molecular complexity index is 397.